The molecule has 0 fully saturated rings. The molecule has 1 aromatic heterocycles. The van der Waals surface area contributed by atoms with Crippen molar-refractivity contribution in [3.05, 3.63) is 53.7 Å². The number of hydrogen-bond acceptors (Lipinski definition) is 5. The fourth-order valence-electron chi connectivity index (χ4n) is 2.03. The van der Waals surface area contributed by atoms with Gasteiger partial charge in [-0.15, -0.1) is 0 Å². The van der Waals surface area contributed by atoms with Gasteiger partial charge in [0.2, 0.25) is 0 Å². The zero-order valence-electron chi connectivity index (χ0n) is 12.1. The monoisotopic (exact) mass is 348 g/mol. The average Bonchev–Trinajstić information content (AvgIpc) is 2.55. The van der Waals surface area contributed by atoms with Crippen molar-refractivity contribution in [3.8, 4) is 0 Å². The highest BCUT2D eigenvalue weighted by atomic mass is 35.5. The molecule has 118 valence electrons. The van der Waals surface area contributed by atoms with Crippen LogP contribution in [0.15, 0.2) is 53.4 Å². The second-order valence-electron chi connectivity index (χ2n) is 4.73. The van der Waals surface area contributed by atoms with E-state index >= 15 is 0 Å². The number of sulfonamides is 1. The number of para-hydroxylation sites is 2. The maximum absolute atomic E-state index is 12.4. The Morgan fingerprint density at radius 1 is 0.957 bits per heavy atom. The minimum Gasteiger partial charge on any atom is -0.388 e. The van der Waals surface area contributed by atoms with E-state index in [2.05, 4.69) is 20.0 Å². The van der Waals surface area contributed by atoms with Crippen LogP contribution in [0.1, 0.15) is 0 Å². The third-order valence-corrected chi connectivity index (χ3v) is 4.83. The number of fused-ring (bicyclic) bond motifs is 1. The zero-order chi connectivity index (χ0) is 16.4. The summed E-state index contributed by atoms with van der Waals surface area (Å²) >= 11 is 6.03. The van der Waals surface area contributed by atoms with Gasteiger partial charge in [-0.3, -0.25) is 4.72 Å². The normalized spacial score (nSPS) is 11.4. The van der Waals surface area contributed by atoms with Crippen molar-refractivity contribution in [2.24, 2.45) is 0 Å². The minimum atomic E-state index is -3.79. The predicted octanol–water partition coefficient (Wildman–Crippen LogP) is 3.13. The van der Waals surface area contributed by atoms with Crippen molar-refractivity contribution in [2.45, 2.75) is 4.90 Å². The summed E-state index contributed by atoms with van der Waals surface area (Å²) in [5.41, 5.74) is 1.96. The first-order valence-corrected chi connectivity index (χ1v) is 8.58. The van der Waals surface area contributed by atoms with Crippen LogP contribution in [0.4, 0.5) is 11.5 Å². The van der Waals surface area contributed by atoms with E-state index in [1.165, 1.54) is 12.1 Å². The lowest BCUT2D eigenvalue weighted by Gasteiger charge is -2.10. The van der Waals surface area contributed by atoms with E-state index in [1.54, 1.807) is 43.4 Å². The lowest BCUT2D eigenvalue weighted by atomic mass is 10.3. The van der Waals surface area contributed by atoms with Gasteiger partial charge in [0.05, 0.1) is 15.9 Å². The molecule has 0 bridgehead atoms. The molecule has 0 amide bonds. The largest absolute Gasteiger partial charge is 0.388 e. The summed E-state index contributed by atoms with van der Waals surface area (Å²) in [7, 11) is -2.04. The van der Waals surface area contributed by atoms with Crippen molar-refractivity contribution < 1.29 is 8.42 Å². The SMILES string of the molecule is CNc1ccc(S(=O)(=O)Nc2nc3ccccc3nc2Cl)cc1. The molecule has 0 spiro atoms. The highest BCUT2D eigenvalue weighted by Gasteiger charge is 2.17. The smallest absolute Gasteiger partial charge is 0.263 e. The van der Waals surface area contributed by atoms with E-state index in [9.17, 15) is 8.42 Å². The molecular weight excluding hydrogens is 336 g/mol. The third-order valence-electron chi connectivity index (χ3n) is 3.21. The number of aromatic nitrogens is 2. The number of halogens is 1. The maximum Gasteiger partial charge on any atom is 0.263 e. The molecule has 0 radical (unpaired) electrons. The van der Waals surface area contributed by atoms with E-state index < -0.39 is 10.0 Å². The molecule has 0 aliphatic carbocycles. The van der Waals surface area contributed by atoms with Gasteiger partial charge in [0.15, 0.2) is 11.0 Å². The molecule has 2 aromatic carbocycles. The van der Waals surface area contributed by atoms with Crippen LogP contribution in [0.2, 0.25) is 5.15 Å². The summed E-state index contributed by atoms with van der Waals surface area (Å²) in [5, 5.41) is 2.93. The van der Waals surface area contributed by atoms with Crippen molar-refractivity contribution in [1.82, 2.24) is 9.97 Å². The molecule has 3 rings (SSSR count). The summed E-state index contributed by atoms with van der Waals surface area (Å²) < 4.78 is 27.2. The number of nitrogens with zero attached hydrogens (tertiary/aromatic N) is 2. The van der Waals surface area contributed by atoms with Gasteiger partial charge < -0.3 is 5.32 Å². The van der Waals surface area contributed by atoms with E-state index in [-0.39, 0.29) is 15.9 Å². The van der Waals surface area contributed by atoms with E-state index in [0.29, 0.717) is 11.0 Å². The molecule has 0 aliphatic rings. The van der Waals surface area contributed by atoms with Crippen LogP contribution in [-0.2, 0) is 10.0 Å². The summed E-state index contributed by atoms with van der Waals surface area (Å²) in [6.07, 6.45) is 0. The van der Waals surface area contributed by atoms with Crippen LogP contribution >= 0.6 is 11.6 Å². The molecule has 0 unspecified atom stereocenters. The highest BCUT2D eigenvalue weighted by Crippen LogP contribution is 2.24. The van der Waals surface area contributed by atoms with Crippen molar-refractivity contribution in [1.29, 1.82) is 0 Å². The van der Waals surface area contributed by atoms with Gasteiger partial charge in [-0.05, 0) is 36.4 Å². The fraction of sp³-hybridized carbons (Fsp3) is 0.0667. The minimum absolute atomic E-state index is 0.000815. The summed E-state index contributed by atoms with van der Waals surface area (Å²) in [5.74, 6) is 0.00283. The molecule has 1 heterocycles. The molecule has 0 saturated carbocycles. The van der Waals surface area contributed by atoms with Gasteiger partial charge >= 0.3 is 0 Å². The first-order chi connectivity index (χ1) is 11.0. The standard InChI is InChI=1S/C15H13ClN4O2S/c1-17-10-6-8-11(9-7-10)23(21,22)20-15-14(16)18-12-4-2-3-5-13(12)19-15/h2-9,17H,1H3,(H,19,20). The first-order valence-electron chi connectivity index (χ1n) is 6.72. The Hall–Kier alpha value is -2.38. The number of hydrogen-bond donors (Lipinski definition) is 2. The van der Waals surface area contributed by atoms with Crippen LogP contribution in [-0.4, -0.2) is 25.4 Å². The number of benzene rings is 2. The fourth-order valence-corrected chi connectivity index (χ4v) is 3.28. The van der Waals surface area contributed by atoms with Crippen molar-refractivity contribution in [2.75, 3.05) is 17.1 Å². The molecule has 3 aromatic rings. The quantitative estimate of drug-likeness (QED) is 0.756. The Labute approximate surface area is 138 Å². The number of anilines is 2. The molecule has 0 atom stereocenters. The average molecular weight is 349 g/mol. The topological polar surface area (TPSA) is 84.0 Å². The van der Waals surface area contributed by atoms with Gasteiger partial charge in [-0.25, -0.2) is 18.4 Å². The number of nitrogens with one attached hydrogen (secondary N) is 2. The molecule has 2 N–H and O–H groups in total. The summed E-state index contributed by atoms with van der Waals surface area (Å²) in [6, 6.07) is 13.4. The van der Waals surface area contributed by atoms with E-state index in [1.807, 2.05) is 0 Å². The molecule has 6 nitrogen and oxygen atoms in total. The van der Waals surface area contributed by atoms with Crippen LogP contribution in [0.5, 0.6) is 0 Å². The summed E-state index contributed by atoms with van der Waals surface area (Å²) in [6.45, 7) is 0. The second-order valence-corrected chi connectivity index (χ2v) is 6.77. The molecule has 0 saturated heterocycles. The Morgan fingerprint density at radius 2 is 1.57 bits per heavy atom. The lowest BCUT2D eigenvalue weighted by molar-refractivity contribution is 0.601. The van der Waals surface area contributed by atoms with Gasteiger partial charge in [-0.2, -0.15) is 0 Å². The van der Waals surface area contributed by atoms with Gasteiger partial charge in [0.25, 0.3) is 10.0 Å². The van der Waals surface area contributed by atoms with Crippen molar-refractivity contribution in [3.63, 3.8) is 0 Å². The Morgan fingerprint density at radius 3 is 2.17 bits per heavy atom. The first kappa shape index (κ1) is 15.5. The number of rotatable bonds is 4. The van der Waals surface area contributed by atoms with E-state index in [0.717, 1.165) is 5.69 Å². The maximum atomic E-state index is 12.4. The molecule has 0 aliphatic heterocycles. The molecule has 8 heteroatoms. The van der Waals surface area contributed by atoms with Gasteiger partial charge in [0, 0.05) is 12.7 Å². The van der Waals surface area contributed by atoms with Gasteiger partial charge in [0.1, 0.15) is 0 Å². The molecular formula is C15H13ClN4O2S. The highest BCUT2D eigenvalue weighted by molar-refractivity contribution is 7.92. The zero-order valence-corrected chi connectivity index (χ0v) is 13.7. The van der Waals surface area contributed by atoms with Crippen molar-refractivity contribution >= 4 is 44.2 Å². The van der Waals surface area contributed by atoms with Crippen LogP contribution < -0.4 is 10.0 Å². The summed E-state index contributed by atoms with van der Waals surface area (Å²) in [4.78, 5) is 8.48. The van der Waals surface area contributed by atoms with E-state index in [4.69, 9.17) is 11.6 Å². The van der Waals surface area contributed by atoms with Gasteiger partial charge in [-0.1, -0.05) is 23.7 Å². The Bertz CT molecular complexity index is 959. The Kier molecular flexibility index (Phi) is 4.06. The molecule has 23 heavy (non-hydrogen) atoms. The Balaban J connectivity index is 1.97. The third kappa shape index (κ3) is 3.20. The van der Waals surface area contributed by atoms with Crippen LogP contribution in [0.3, 0.4) is 0 Å². The van der Waals surface area contributed by atoms with Crippen LogP contribution in [0.25, 0.3) is 11.0 Å². The van der Waals surface area contributed by atoms with Crippen LogP contribution in [0, 0.1) is 0 Å². The lowest BCUT2D eigenvalue weighted by Crippen LogP contribution is -2.14. The second kappa shape index (κ2) is 6.02. The predicted molar refractivity (Wildman–Crippen MR) is 91.3 cm³/mol.